The van der Waals surface area contributed by atoms with Gasteiger partial charge in [0.25, 0.3) is 0 Å². The molecule has 1 aromatic heterocycles. The van der Waals surface area contributed by atoms with Gasteiger partial charge in [0.15, 0.2) is 0 Å². The Kier molecular flexibility index (Phi) is 4.15. The Morgan fingerprint density at radius 2 is 2.14 bits per heavy atom. The van der Waals surface area contributed by atoms with Gasteiger partial charge in [0.1, 0.15) is 5.82 Å². The van der Waals surface area contributed by atoms with Crippen molar-refractivity contribution in [3.8, 4) is 0 Å². The number of nitrogens with one attached hydrogen (secondary N) is 1. The topological polar surface area (TPSA) is 75.1 Å². The minimum atomic E-state index is -0.890. The van der Waals surface area contributed by atoms with Crippen molar-refractivity contribution in [2.75, 3.05) is 0 Å². The van der Waals surface area contributed by atoms with Crippen molar-refractivity contribution in [2.24, 2.45) is 0 Å². The molecule has 0 spiro atoms. The average Bonchev–Trinajstić information content (AvgIpc) is 2.53. The summed E-state index contributed by atoms with van der Waals surface area (Å²) in [6.07, 6.45) is 4.93. The number of hydrogen-bond donors (Lipinski definition) is 2. The first-order valence-corrected chi connectivity index (χ1v) is 7.49. The fourth-order valence-corrected chi connectivity index (χ4v) is 2.81. The molecule has 5 heteroatoms. The predicted molar refractivity (Wildman–Crippen MR) is 82.8 cm³/mol. The lowest BCUT2D eigenvalue weighted by molar-refractivity contribution is 0.0697. The number of aromatic carboxylic acids is 1. The van der Waals surface area contributed by atoms with Gasteiger partial charge in [-0.3, -0.25) is 0 Å². The number of fused-ring (bicyclic) bond motifs is 1. The van der Waals surface area contributed by atoms with Gasteiger partial charge >= 0.3 is 5.97 Å². The van der Waals surface area contributed by atoms with E-state index in [-0.39, 0.29) is 0 Å². The number of carbonyl (C=O) groups is 1. The fourth-order valence-electron chi connectivity index (χ4n) is 2.81. The van der Waals surface area contributed by atoms with E-state index in [1.807, 2.05) is 25.3 Å². The quantitative estimate of drug-likeness (QED) is 0.904. The maximum absolute atomic E-state index is 10.8. The Hall–Kier alpha value is -2.27. The summed E-state index contributed by atoms with van der Waals surface area (Å²) < 4.78 is 0. The Bertz CT molecular complexity index is 683. The van der Waals surface area contributed by atoms with Crippen LogP contribution in [0.15, 0.2) is 30.5 Å². The van der Waals surface area contributed by atoms with Gasteiger partial charge in [-0.05, 0) is 49.4 Å². The Morgan fingerprint density at radius 3 is 2.86 bits per heavy atom. The molecule has 1 aliphatic rings. The predicted octanol–water partition coefficient (Wildman–Crippen LogP) is 2.13. The number of benzene rings is 1. The molecule has 3 rings (SSSR count). The molecule has 1 aromatic carbocycles. The van der Waals surface area contributed by atoms with Crippen LogP contribution in [-0.2, 0) is 19.4 Å². The molecule has 1 heterocycles. The van der Waals surface area contributed by atoms with Crippen molar-refractivity contribution >= 4 is 5.97 Å². The van der Waals surface area contributed by atoms with Gasteiger partial charge in [-0.2, -0.15) is 0 Å². The van der Waals surface area contributed by atoms with E-state index in [4.69, 9.17) is 5.11 Å². The molecule has 0 bridgehead atoms. The van der Waals surface area contributed by atoms with Gasteiger partial charge in [-0.1, -0.05) is 12.1 Å². The van der Waals surface area contributed by atoms with Crippen LogP contribution >= 0.6 is 0 Å². The minimum absolute atomic E-state index is 0.322. The largest absolute Gasteiger partial charge is 0.478 e. The fraction of sp³-hybridized carbons (Fsp3) is 0.353. The third-order valence-corrected chi connectivity index (χ3v) is 4.07. The van der Waals surface area contributed by atoms with Crippen molar-refractivity contribution in [3.63, 3.8) is 0 Å². The van der Waals surface area contributed by atoms with Crippen molar-refractivity contribution in [1.82, 2.24) is 15.3 Å². The first-order valence-electron chi connectivity index (χ1n) is 7.49. The molecular weight excluding hydrogens is 278 g/mol. The van der Waals surface area contributed by atoms with Crippen LogP contribution in [0, 0.1) is 6.92 Å². The Balaban J connectivity index is 1.58. The lowest BCUT2D eigenvalue weighted by Gasteiger charge is -2.24. The second-order valence-electron chi connectivity index (χ2n) is 5.71. The van der Waals surface area contributed by atoms with Crippen LogP contribution in [0.2, 0.25) is 0 Å². The molecule has 5 nitrogen and oxygen atoms in total. The molecular formula is C17H19N3O2. The minimum Gasteiger partial charge on any atom is -0.478 e. The molecule has 0 saturated carbocycles. The maximum Gasteiger partial charge on any atom is 0.335 e. The van der Waals surface area contributed by atoms with E-state index in [2.05, 4.69) is 15.3 Å². The summed E-state index contributed by atoms with van der Waals surface area (Å²) in [4.78, 5) is 19.6. The zero-order valence-corrected chi connectivity index (χ0v) is 12.5. The second-order valence-corrected chi connectivity index (χ2v) is 5.71. The first-order chi connectivity index (χ1) is 10.6. The third kappa shape index (κ3) is 3.31. The van der Waals surface area contributed by atoms with Crippen LogP contribution in [-0.4, -0.2) is 27.1 Å². The number of aryl methyl sites for hydroxylation is 2. The van der Waals surface area contributed by atoms with Crippen molar-refractivity contribution in [1.29, 1.82) is 0 Å². The van der Waals surface area contributed by atoms with Gasteiger partial charge in [0.2, 0.25) is 0 Å². The SMILES string of the molecule is Cc1ncc2c(n1)CCC(NCc1ccc(C(=O)O)cc1)C2. The number of carboxylic acids is 1. The van der Waals surface area contributed by atoms with Gasteiger partial charge < -0.3 is 10.4 Å². The van der Waals surface area contributed by atoms with Gasteiger partial charge in [0.05, 0.1) is 5.56 Å². The molecule has 114 valence electrons. The number of nitrogens with zero attached hydrogens (tertiary/aromatic N) is 2. The standard InChI is InChI=1S/C17H19N3O2/c1-11-18-10-14-8-15(6-7-16(14)20-11)19-9-12-2-4-13(5-3-12)17(21)22/h2-5,10,15,19H,6-9H2,1H3,(H,21,22). The number of hydrogen-bond acceptors (Lipinski definition) is 4. The highest BCUT2D eigenvalue weighted by Gasteiger charge is 2.19. The van der Waals surface area contributed by atoms with Crippen molar-refractivity contribution < 1.29 is 9.90 Å². The third-order valence-electron chi connectivity index (χ3n) is 4.07. The van der Waals surface area contributed by atoms with Crippen LogP contribution in [0.3, 0.4) is 0 Å². The highest BCUT2D eigenvalue weighted by atomic mass is 16.4. The van der Waals surface area contributed by atoms with Gasteiger partial charge in [0, 0.05) is 24.5 Å². The van der Waals surface area contributed by atoms with E-state index in [0.29, 0.717) is 11.6 Å². The molecule has 0 aliphatic heterocycles. The van der Waals surface area contributed by atoms with Gasteiger partial charge in [-0.15, -0.1) is 0 Å². The molecule has 2 N–H and O–H groups in total. The molecule has 0 fully saturated rings. The van der Waals surface area contributed by atoms with E-state index in [1.165, 1.54) is 11.3 Å². The first kappa shape index (κ1) is 14.7. The lowest BCUT2D eigenvalue weighted by Crippen LogP contribution is -2.34. The number of aromatic nitrogens is 2. The van der Waals surface area contributed by atoms with Crippen LogP contribution in [0.1, 0.15) is 39.4 Å². The lowest BCUT2D eigenvalue weighted by atomic mass is 9.92. The number of rotatable bonds is 4. The highest BCUT2D eigenvalue weighted by molar-refractivity contribution is 5.87. The molecule has 2 aromatic rings. The summed E-state index contributed by atoms with van der Waals surface area (Å²) in [5.41, 5.74) is 3.82. The summed E-state index contributed by atoms with van der Waals surface area (Å²) in [6, 6.07) is 7.43. The van der Waals surface area contributed by atoms with Crippen LogP contribution in [0.25, 0.3) is 0 Å². The molecule has 22 heavy (non-hydrogen) atoms. The van der Waals surface area contributed by atoms with Crippen molar-refractivity contribution in [3.05, 3.63) is 58.7 Å². The molecule has 1 unspecified atom stereocenters. The zero-order chi connectivity index (χ0) is 15.5. The van der Waals surface area contributed by atoms with Crippen LogP contribution < -0.4 is 5.32 Å². The summed E-state index contributed by atoms with van der Waals surface area (Å²) >= 11 is 0. The van der Waals surface area contributed by atoms with Crippen LogP contribution in [0.4, 0.5) is 0 Å². The van der Waals surface area contributed by atoms with E-state index in [1.54, 1.807) is 12.1 Å². The summed E-state index contributed by atoms with van der Waals surface area (Å²) in [5, 5.41) is 12.4. The molecule has 0 radical (unpaired) electrons. The Morgan fingerprint density at radius 1 is 1.36 bits per heavy atom. The van der Waals surface area contributed by atoms with Crippen molar-refractivity contribution in [2.45, 2.75) is 38.8 Å². The summed E-state index contributed by atoms with van der Waals surface area (Å²) in [7, 11) is 0. The molecule has 0 amide bonds. The monoisotopic (exact) mass is 297 g/mol. The van der Waals surface area contributed by atoms with Crippen LogP contribution in [0.5, 0.6) is 0 Å². The highest BCUT2D eigenvalue weighted by Crippen LogP contribution is 2.19. The Labute approximate surface area is 129 Å². The van der Waals surface area contributed by atoms with E-state index < -0.39 is 5.97 Å². The maximum atomic E-state index is 10.8. The normalized spacial score (nSPS) is 17.0. The smallest absolute Gasteiger partial charge is 0.335 e. The molecule has 0 saturated heterocycles. The summed E-state index contributed by atoms with van der Waals surface area (Å²) in [5.74, 6) is -0.0534. The van der Waals surface area contributed by atoms with Gasteiger partial charge in [-0.25, -0.2) is 14.8 Å². The second kappa shape index (κ2) is 6.23. The van der Waals surface area contributed by atoms with E-state index in [0.717, 1.165) is 37.2 Å². The zero-order valence-electron chi connectivity index (χ0n) is 12.5. The molecule has 1 atom stereocenters. The van der Waals surface area contributed by atoms with E-state index >= 15 is 0 Å². The average molecular weight is 297 g/mol. The summed E-state index contributed by atoms with van der Waals surface area (Å²) in [6.45, 7) is 2.66. The van der Waals surface area contributed by atoms with E-state index in [9.17, 15) is 4.79 Å². The molecule has 1 aliphatic carbocycles. The number of carboxylic acid groups (broad SMARTS) is 1.